The van der Waals surface area contributed by atoms with Gasteiger partial charge in [-0.1, -0.05) is 62.3 Å². The van der Waals surface area contributed by atoms with E-state index in [1.807, 2.05) is 0 Å². The third-order valence-corrected chi connectivity index (χ3v) is 3.91. The Kier molecular flexibility index (Phi) is 7.14. The van der Waals surface area contributed by atoms with E-state index in [0.717, 1.165) is 5.92 Å². The first-order chi connectivity index (χ1) is 8.29. The molecule has 0 spiro atoms. The summed E-state index contributed by atoms with van der Waals surface area (Å²) in [7, 11) is 0. The van der Waals surface area contributed by atoms with Crippen molar-refractivity contribution in [1.29, 1.82) is 0 Å². The molecule has 0 unspecified atom stereocenters. The van der Waals surface area contributed by atoms with Gasteiger partial charge in [0.05, 0.1) is 0 Å². The third-order valence-electron chi connectivity index (χ3n) is 3.91. The molecule has 0 atom stereocenters. The van der Waals surface area contributed by atoms with Crippen LogP contribution in [0.5, 0.6) is 0 Å². The van der Waals surface area contributed by atoms with Crippen LogP contribution >= 0.6 is 0 Å². The van der Waals surface area contributed by atoms with Crippen molar-refractivity contribution in [2.24, 2.45) is 22.2 Å². The SMILES string of the molecule is CC(C)(C)CCC(CCC(C)(C)C)CCC(C)(C)C. The van der Waals surface area contributed by atoms with E-state index in [0.29, 0.717) is 16.2 Å². The van der Waals surface area contributed by atoms with Crippen LogP contribution in [-0.2, 0) is 0 Å². The topological polar surface area (TPSA) is 0 Å². The van der Waals surface area contributed by atoms with Crippen LogP contribution < -0.4 is 0 Å². The van der Waals surface area contributed by atoms with Crippen molar-refractivity contribution in [2.75, 3.05) is 0 Å². The second-order valence-corrected chi connectivity index (χ2v) is 10.2. The second-order valence-electron chi connectivity index (χ2n) is 10.2. The van der Waals surface area contributed by atoms with E-state index in [-0.39, 0.29) is 0 Å². The molecule has 19 heavy (non-hydrogen) atoms. The Bertz CT molecular complexity index is 185. The Hall–Kier alpha value is 0. The summed E-state index contributed by atoms with van der Waals surface area (Å²) >= 11 is 0. The molecule has 0 aromatic heterocycles. The monoisotopic (exact) mass is 268 g/mol. The van der Waals surface area contributed by atoms with E-state index in [2.05, 4.69) is 62.3 Å². The summed E-state index contributed by atoms with van der Waals surface area (Å²) in [6.07, 6.45) is 8.34. The summed E-state index contributed by atoms with van der Waals surface area (Å²) in [5, 5.41) is 0. The van der Waals surface area contributed by atoms with Gasteiger partial charge >= 0.3 is 0 Å². The lowest BCUT2D eigenvalue weighted by Gasteiger charge is -2.28. The molecule has 0 saturated carbocycles. The molecule has 0 aliphatic carbocycles. The smallest absolute Gasteiger partial charge is 0.0383 e. The lowest BCUT2D eigenvalue weighted by molar-refractivity contribution is 0.240. The Labute approximate surface area is 123 Å². The first-order valence-corrected chi connectivity index (χ1v) is 8.29. The predicted molar refractivity (Wildman–Crippen MR) is 89.6 cm³/mol. The summed E-state index contributed by atoms with van der Waals surface area (Å²) in [6.45, 7) is 21.4. The Morgan fingerprint density at radius 3 is 0.842 bits per heavy atom. The van der Waals surface area contributed by atoms with Crippen molar-refractivity contribution in [1.82, 2.24) is 0 Å². The van der Waals surface area contributed by atoms with Crippen LogP contribution in [0.1, 0.15) is 101 Å². The van der Waals surface area contributed by atoms with Gasteiger partial charge in [-0.3, -0.25) is 0 Å². The molecule has 0 bridgehead atoms. The minimum absolute atomic E-state index is 0.488. The van der Waals surface area contributed by atoms with Gasteiger partial charge < -0.3 is 0 Å². The van der Waals surface area contributed by atoms with Gasteiger partial charge in [-0.2, -0.15) is 0 Å². The minimum atomic E-state index is 0.488. The van der Waals surface area contributed by atoms with Gasteiger partial charge in [0.25, 0.3) is 0 Å². The van der Waals surface area contributed by atoms with Crippen LogP contribution in [0.3, 0.4) is 0 Å². The van der Waals surface area contributed by atoms with Gasteiger partial charge in [-0.05, 0) is 60.7 Å². The summed E-state index contributed by atoms with van der Waals surface area (Å²) in [4.78, 5) is 0. The largest absolute Gasteiger partial charge is 0.0602 e. The molecule has 116 valence electrons. The van der Waals surface area contributed by atoms with Crippen LogP contribution in [0.2, 0.25) is 0 Å². The molecule has 0 aliphatic heterocycles. The quantitative estimate of drug-likeness (QED) is 0.482. The molecular formula is C19H40. The maximum Gasteiger partial charge on any atom is -0.0383 e. The van der Waals surface area contributed by atoms with Crippen LogP contribution in [0.15, 0.2) is 0 Å². The molecule has 0 rings (SSSR count). The molecular weight excluding hydrogens is 228 g/mol. The highest BCUT2D eigenvalue weighted by Crippen LogP contribution is 2.34. The molecule has 0 fully saturated rings. The lowest BCUT2D eigenvalue weighted by atomic mass is 9.78. The zero-order valence-electron chi connectivity index (χ0n) is 15.3. The number of hydrogen-bond donors (Lipinski definition) is 0. The highest BCUT2D eigenvalue weighted by atomic mass is 14.3. The molecule has 0 heteroatoms. The molecule has 0 saturated heterocycles. The number of hydrogen-bond acceptors (Lipinski definition) is 0. The van der Waals surface area contributed by atoms with E-state index in [9.17, 15) is 0 Å². The number of rotatable bonds is 6. The van der Waals surface area contributed by atoms with Crippen LogP contribution in [0, 0.1) is 22.2 Å². The molecule has 0 heterocycles. The van der Waals surface area contributed by atoms with E-state index >= 15 is 0 Å². The maximum absolute atomic E-state index is 2.37. The Balaban J connectivity index is 4.30. The van der Waals surface area contributed by atoms with Gasteiger partial charge in [0.1, 0.15) is 0 Å². The third kappa shape index (κ3) is 14.2. The molecule has 0 aromatic rings. The van der Waals surface area contributed by atoms with Gasteiger partial charge in [-0.25, -0.2) is 0 Å². The first kappa shape index (κ1) is 19.0. The van der Waals surface area contributed by atoms with E-state index in [1.165, 1.54) is 38.5 Å². The molecule has 0 amide bonds. The molecule has 0 aromatic carbocycles. The minimum Gasteiger partial charge on any atom is -0.0602 e. The Morgan fingerprint density at radius 2 is 0.684 bits per heavy atom. The molecule has 0 aliphatic rings. The van der Waals surface area contributed by atoms with Crippen molar-refractivity contribution >= 4 is 0 Å². The average molecular weight is 269 g/mol. The standard InChI is InChI=1S/C19H40/c1-17(2,3)13-10-16(11-14-18(4,5)6)12-15-19(7,8)9/h16H,10-15H2,1-9H3. The van der Waals surface area contributed by atoms with Crippen molar-refractivity contribution in [3.8, 4) is 0 Å². The normalized spacial score (nSPS) is 14.2. The fourth-order valence-corrected chi connectivity index (χ4v) is 2.34. The zero-order valence-corrected chi connectivity index (χ0v) is 15.3. The zero-order chi connectivity index (χ0) is 15.3. The van der Waals surface area contributed by atoms with Gasteiger partial charge in [0.2, 0.25) is 0 Å². The van der Waals surface area contributed by atoms with Crippen molar-refractivity contribution in [2.45, 2.75) is 101 Å². The van der Waals surface area contributed by atoms with E-state index in [1.54, 1.807) is 0 Å². The van der Waals surface area contributed by atoms with Crippen molar-refractivity contribution in [3.05, 3.63) is 0 Å². The summed E-state index contributed by atoms with van der Waals surface area (Å²) in [5.74, 6) is 0.928. The molecule has 0 radical (unpaired) electrons. The van der Waals surface area contributed by atoms with Crippen LogP contribution in [0.4, 0.5) is 0 Å². The van der Waals surface area contributed by atoms with Gasteiger partial charge in [0.15, 0.2) is 0 Å². The fourth-order valence-electron chi connectivity index (χ4n) is 2.34. The average Bonchev–Trinajstić information content (AvgIpc) is 2.11. The van der Waals surface area contributed by atoms with Crippen molar-refractivity contribution < 1.29 is 0 Å². The lowest BCUT2D eigenvalue weighted by Crippen LogP contribution is -2.15. The van der Waals surface area contributed by atoms with E-state index in [4.69, 9.17) is 0 Å². The van der Waals surface area contributed by atoms with E-state index < -0.39 is 0 Å². The first-order valence-electron chi connectivity index (χ1n) is 8.29. The second kappa shape index (κ2) is 7.14. The summed E-state index contributed by atoms with van der Waals surface area (Å²) in [5.41, 5.74) is 1.46. The van der Waals surface area contributed by atoms with Gasteiger partial charge in [0, 0.05) is 0 Å². The predicted octanol–water partition coefficient (Wildman–Crippen LogP) is 7.08. The molecule has 0 nitrogen and oxygen atoms in total. The highest BCUT2D eigenvalue weighted by Gasteiger charge is 2.20. The Morgan fingerprint density at radius 1 is 0.474 bits per heavy atom. The maximum atomic E-state index is 2.37. The van der Waals surface area contributed by atoms with Crippen molar-refractivity contribution in [3.63, 3.8) is 0 Å². The fraction of sp³-hybridized carbons (Fsp3) is 1.00. The summed E-state index contributed by atoms with van der Waals surface area (Å²) < 4.78 is 0. The van der Waals surface area contributed by atoms with Crippen LogP contribution in [-0.4, -0.2) is 0 Å². The highest BCUT2D eigenvalue weighted by molar-refractivity contribution is 4.72. The van der Waals surface area contributed by atoms with Gasteiger partial charge in [-0.15, -0.1) is 0 Å². The summed E-state index contributed by atoms with van der Waals surface area (Å²) in [6, 6.07) is 0. The molecule has 0 N–H and O–H groups in total. The van der Waals surface area contributed by atoms with Crippen LogP contribution in [0.25, 0.3) is 0 Å².